The molecular weight excluding hydrogens is 328 g/mol. The van der Waals surface area contributed by atoms with Crippen LogP contribution in [0.4, 0.5) is 0 Å². The molecule has 1 heterocycles. The number of hydrogen-bond donors (Lipinski definition) is 1. The van der Waals surface area contributed by atoms with E-state index in [1.54, 1.807) is 0 Å². The molecule has 5 heteroatoms. The Bertz CT molecular complexity index is 880. The molecule has 4 bridgehead atoms. The Hall–Kier alpha value is -2.01. The third-order valence-corrected chi connectivity index (χ3v) is 6.65. The number of ether oxygens (including phenoxy) is 1. The van der Waals surface area contributed by atoms with Gasteiger partial charge in [-0.15, -0.1) is 0 Å². The largest absolute Gasteiger partial charge is 0.459 e. The summed E-state index contributed by atoms with van der Waals surface area (Å²) in [6, 6.07) is 7.72. The average molecular weight is 352 g/mol. The second kappa shape index (κ2) is 5.49. The van der Waals surface area contributed by atoms with Gasteiger partial charge in [-0.05, 0) is 69.4 Å². The Morgan fingerprint density at radius 1 is 1.15 bits per heavy atom. The number of hydrogen-bond acceptors (Lipinski definition) is 5. The van der Waals surface area contributed by atoms with E-state index in [-0.39, 0.29) is 12.6 Å². The second-order valence-corrected chi connectivity index (χ2v) is 8.79. The predicted octanol–water partition coefficient (Wildman–Crippen LogP) is 3.31. The number of aryl methyl sites for hydroxylation is 1. The number of carbonyl (C=O) groups is 1. The van der Waals surface area contributed by atoms with Gasteiger partial charge in [-0.25, -0.2) is 9.97 Å². The average Bonchev–Trinajstić information content (AvgIpc) is 2.57. The molecule has 1 N–H and O–H groups in total. The van der Waals surface area contributed by atoms with Gasteiger partial charge in [-0.2, -0.15) is 0 Å². The first-order valence-corrected chi connectivity index (χ1v) is 9.57. The van der Waals surface area contributed by atoms with Crippen molar-refractivity contribution in [3.05, 3.63) is 35.7 Å². The van der Waals surface area contributed by atoms with Gasteiger partial charge >= 0.3 is 5.97 Å². The van der Waals surface area contributed by atoms with E-state index in [9.17, 15) is 9.90 Å². The number of rotatable bonds is 3. The monoisotopic (exact) mass is 352 g/mol. The smallest absolute Gasteiger partial charge is 0.312 e. The quantitative estimate of drug-likeness (QED) is 0.858. The molecule has 136 valence electrons. The molecule has 26 heavy (non-hydrogen) atoms. The summed E-state index contributed by atoms with van der Waals surface area (Å²) in [7, 11) is 0. The maximum absolute atomic E-state index is 13.0. The van der Waals surface area contributed by atoms with Crippen LogP contribution in [-0.4, -0.2) is 26.6 Å². The second-order valence-electron chi connectivity index (χ2n) is 8.79. The van der Waals surface area contributed by atoms with Gasteiger partial charge in [0.25, 0.3) is 0 Å². The zero-order valence-electron chi connectivity index (χ0n) is 15.1. The van der Waals surface area contributed by atoms with E-state index in [0.717, 1.165) is 48.8 Å². The lowest BCUT2D eigenvalue weighted by molar-refractivity contribution is -0.197. The minimum atomic E-state index is -0.651. The Morgan fingerprint density at radius 2 is 1.81 bits per heavy atom. The van der Waals surface area contributed by atoms with Crippen molar-refractivity contribution in [2.45, 2.75) is 57.7 Å². The van der Waals surface area contributed by atoms with Crippen LogP contribution >= 0.6 is 0 Å². The van der Waals surface area contributed by atoms with Crippen molar-refractivity contribution in [1.82, 2.24) is 9.97 Å². The maximum Gasteiger partial charge on any atom is 0.312 e. The van der Waals surface area contributed by atoms with Crippen LogP contribution in [-0.2, 0) is 16.1 Å². The van der Waals surface area contributed by atoms with Gasteiger partial charge in [0.15, 0.2) is 0 Å². The molecule has 2 atom stereocenters. The van der Waals surface area contributed by atoms with Crippen molar-refractivity contribution >= 4 is 17.0 Å². The van der Waals surface area contributed by atoms with Crippen LogP contribution in [0.15, 0.2) is 24.3 Å². The summed E-state index contributed by atoms with van der Waals surface area (Å²) in [5, 5.41) is 10.8. The van der Waals surface area contributed by atoms with Crippen LogP contribution in [0, 0.1) is 24.2 Å². The predicted molar refractivity (Wildman–Crippen MR) is 96.1 cm³/mol. The third-order valence-electron chi connectivity index (χ3n) is 6.65. The lowest BCUT2D eigenvalue weighted by Crippen LogP contribution is -2.58. The molecule has 1 aromatic carbocycles. The van der Waals surface area contributed by atoms with E-state index in [4.69, 9.17) is 4.74 Å². The highest BCUT2D eigenvalue weighted by Gasteiger charge is 2.60. The van der Waals surface area contributed by atoms with Gasteiger partial charge in [0.2, 0.25) is 0 Å². The van der Waals surface area contributed by atoms with E-state index in [1.165, 1.54) is 0 Å². The number of carbonyl (C=O) groups excluding carboxylic acids is 1. The number of fused-ring (bicyclic) bond motifs is 1. The molecule has 4 aliphatic carbocycles. The Balaban J connectivity index is 1.36. The molecule has 1 aromatic heterocycles. The van der Waals surface area contributed by atoms with Crippen LogP contribution in [0.2, 0.25) is 0 Å². The molecule has 0 spiro atoms. The molecule has 0 unspecified atom stereocenters. The molecule has 4 saturated carbocycles. The Kier molecular flexibility index (Phi) is 3.42. The number of para-hydroxylation sites is 2. The number of nitrogens with zero attached hydrogens (tertiary/aromatic N) is 2. The fourth-order valence-electron chi connectivity index (χ4n) is 6.00. The van der Waals surface area contributed by atoms with Crippen molar-refractivity contribution in [1.29, 1.82) is 0 Å². The molecule has 0 aliphatic heterocycles. The van der Waals surface area contributed by atoms with E-state index in [2.05, 4.69) is 9.97 Å². The van der Waals surface area contributed by atoms with Crippen molar-refractivity contribution in [2.24, 2.45) is 17.3 Å². The first-order valence-electron chi connectivity index (χ1n) is 9.57. The first kappa shape index (κ1) is 16.2. The van der Waals surface area contributed by atoms with Crippen molar-refractivity contribution < 1.29 is 14.6 Å². The SMILES string of the molecule is Cc1nc2ccccc2nc1COC(=O)C12C[C@@H]3C[C@H](CC(O)(C3)C1)C2. The standard InChI is InChI=1S/C21H24N2O3/c1-13-18(23-17-5-3-2-4-16(17)22-13)11-26-19(24)20-7-14-6-15(8-20)10-21(25,9-14)12-20/h2-5,14-15,25H,6-12H2,1H3/t14-,15-,20?,21?/m0/s1. The highest BCUT2D eigenvalue weighted by atomic mass is 16.5. The zero-order chi connectivity index (χ0) is 17.9. The summed E-state index contributed by atoms with van der Waals surface area (Å²) in [4.78, 5) is 22.2. The van der Waals surface area contributed by atoms with Crippen LogP contribution < -0.4 is 0 Å². The molecule has 0 radical (unpaired) electrons. The zero-order valence-corrected chi connectivity index (χ0v) is 15.1. The summed E-state index contributed by atoms with van der Waals surface area (Å²) in [6.07, 6.45) is 5.17. The normalized spacial score (nSPS) is 35.0. The highest BCUT2D eigenvalue weighted by molar-refractivity contribution is 5.78. The topological polar surface area (TPSA) is 72.3 Å². The molecule has 0 saturated heterocycles. The summed E-state index contributed by atoms with van der Waals surface area (Å²) >= 11 is 0. The molecule has 4 aliphatic rings. The van der Waals surface area contributed by atoms with Crippen molar-refractivity contribution in [3.63, 3.8) is 0 Å². The first-order chi connectivity index (χ1) is 12.4. The molecule has 0 amide bonds. The number of aliphatic hydroxyl groups is 1. The summed E-state index contributed by atoms with van der Waals surface area (Å²) in [5.74, 6) is 0.784. The van der Waals surface area contributed by atoms with Crippen LogP contribution in [0.5, 0.6) is 0 Å². The fraction of sp³-hybridized carbons (Fsp3) is 0.571. The van der Waals surface area contributed by atoms with Gasteiger partial charge in [-0.3, -0.25) is 4.79 Å². The minimum Gasteiger partial charge on any atom is -0.459 e. The van der Waals surface area contributed by atoms with Crippen molar-refractivity contribution in [3.8, 4) is 0 Å². The molecular formula is C21H24N2O3. The van der Waals surface area contributed by atoms with E-state index < -0.39 is 11.0 Å². The van der Waals surface area contributed by atoms with Gasteiger partial charge in [0, 0.05) is 0 Å². The Labute approximate surface area is 152 Å². The molecule has 5 nitrogen and oxygen atoms in total. The van der Waals surface area contributed by atoms with Gasteiger partial charge in [0.1, 0.15) is 6.61 Å². The summed E-state index contributed by atoms with van der Waals surface area (Å²) in [6.45, 7) is 2.05. The van der Waals surface area contributed by atoms with Gasteiger partial charge in [-0.1, -0.05) is 12.1 Å². The lowest BCUT2D eigenvalue weighted by atomic mass is 9.48. The van der Waals surface area contributed by atoms with E-state index in [0.29, 0.717) is 24.0 Å². The molecule has 2 aromatic rings. The van der Waals surface area contributed by atoms with E-state index >= 15 is 0 Å². The van der Waals surface area contributed by atoms with Crippen LogP contribution in [0.1, 0.15) is 49.9 Å². The summed E-state index contributed by atoms with van der Waals surface area (Å²) < 4.78 is 5.74. The fourth-order valence-corrected chi connectivity index (χ4v) is 6.00. The number of esters is 1. The van der Waals surface area contributed by atoms with Crippen LogP contribution in [0.3, 0.4) is 0 Å². The maximum atomic E-state index is 13.0. The molecule has 4 fully saturated rings. The van der Waals surface area contributed by atoms with Crippen molar-refractivity contribution in [2.75, 3.05) is 0 Å². The van der Waals surface area contributed by atoms with Gasteiger partial charge in [0.05, 0.1) is 33.4 Å². The number of aromatic nitrogens is 2. The summed E-state index contributed by atoms with van der Waals surface area (Å²) in [5.41, 5.74) is 2.02. The number of benzene rings is 1. The van der Waals surface area contributed by atoms with Gasteiger partial charge < -0.3 is 9.84 Å². The lowest BCUT2D eigenvalue weighted by Gasteiger charge is -2.58. The minimum absolute atomic E-state index is 0.151. The molecule has 6 rings (SSSR count). The third kappa shape index (κ3) is 2.52. The van der Waals surface area contributed by atoms with E-state index in [1.807, 2.05) is 31.2 Å². The Morgan fingerprint density at radius 3 is 2.46 bits per heavy atom. The highest BCUT2D eigenvalue weighted by Crippen LogP contribution is 2.62. The van der Waals surface area contributed by atoms with Crippen LogP contribution in [0.25, 0.3) is 11.0 Å².